The summed E-state index contributed by atoms with van der Waals surface area (Å²) in [4.78, 5) is 21.8. The van der Waals surface area contributed by atoms with Gasteiger partial charge in [0.15, 0.2) is 0 Å². The van der Waals surface area contributed by atoms with E-state index in [9.17, 15) is 4.79 Å². The molecule has 6 heteroatoms. The van der Waals surface area contributed by atoms with E-state index in [-0.39, 0.29) is 11.8 Å². The van der Waals surface area contributed by atoms with E-state index in [1.165, 1.54) is 31.4 Å². The molecule has 3 aliphatic rings. The summed E-state index contributed by atoms with van der Waals surface area (Å²) in [6.45, 7) is 10.4. The lowest BCUT2D eigenvalue weighted by atomic mass is 9.83. The van der Waals surface area contributed by atoms with Crippen LogP contribution in [0.1, 0.15) is 57.9 Å². The molecule has 2 fully saturated rings. The molecule has 1 N–H and O–H groups in total. The first-order valence-corrected chi connectivity index (χ1v) is 12.0. The average Bonchev–Trinajstić information content (AvgIpc) is 3.27. The van der Waals surface area contributed by atoms with Gasteiger partial charge >= 0.3 is 0 Å². The van der Waals surface area contributed by atoms with Crippen molar-refractivity contribution in [2.45, 2.75) is 64.8 Å². The predicted molar refractivity (Wildman–Crippen MR) is 120 cm³/mol. The van der Waals surface area contributed by atoms with Gasteiger partial charge in [0, 0.05) is 56.3 Å². The molecule has 0 spiro atoms. The van der Waals surface area contributed by atoms with Crippen LogP contribution in [0.5, 0.6) is 5.75 Å². The van der Waals surface area contributed by atoms with E-state index < -0.39 is 0 Å². The van der Waals surface area contributed by atoms with Gasteiger partial charge in [0.2, 0.25) is 5.91 Å². The van der Waals surface area contributed by atoms with Gasteiger partial charge in [-0.25, -0.2) is 4.98 Å². The molecule has 1 saturated carbocycles. The van der Waals surface area contributed by atoms with Gasteiger partial charge in [-0.1, -0.05) is 13.8 Å². The van der Waals surface area contributed by atoms with Crippen LogP contribution in [0.4, 0.5) is 5.82 Å². The van der Waals surface area contributed by atoms with Crippen LogP contribution >= 0.6 is 0 Å². The standard InChI is InChI=1S/C24H38N4O2/c1-3-18(2)24(29)26-20-6-4-19(5-7-20)9-12-27-13-15-28(16-14-27)23-21-10-17-30-22(21)8-11-25-23/h8,11,18-20H,3-7,9-10,12-17H2,1-2H3,(H,26,29). The summed E-state index contributed by atoms with van der Waals surface area (Å²) in [7, 11) is 0. The highest BCUT2D eigenvalue weighted by Crippen LogP contribution is 2.32. The smallest absolute Gasteiger partial charge is 0.223 e. The highest BCUT2D eigenvalue weighted by atomic mass is 16.5. The summed E-state index contributed by atoms with van der Waals surface area (Å²) in [6, 6.07) is 2.39. The van der Waals surface area contributed by atoms with Gasteiger partial charge in [0.05, 0.1) is 6.61 Å². The molecule has 0 aromatic carbocycles. The van der Waals surface area contributed by atoms with Gasteiger partial charge in [-0.15, -0.1) is 0 Å². The number of nitrogens with one attached hydrogen (secondary N) is 1. The Bertz CT molecular complexity index is 709. The third kappa shape index (κ3) is 5.08. The van der Waals surface area contributed by atoms with Crippen molar-refractivity contribution >= 4 is 11.7 Å². The normalized spacial score (nSPS) is 25.5. The van der Waals surface area contributed by atoms with Gasteiger partial charge in [-0.05, 0) is 57.1 Å². The van der Waals surface area contributed by atoms with Gasteiger partial charge in [-0.3, -0.25) is 9.69 Å². The van der Waals surface area contributed by atoms with Crippen molar-refractivity contribution in [3.63, 3.8) is 0 Å². The largest absolute Gasteiger partial charge is 0.493 e. The molecule has 1 unspecified atom stereocenters. The second-order valence-electron chi connectivity index (χ2n) is 9.36. The summed E-state index contributed by atoms with van der Waals surface area (Å²) in [5, 5.41) is 3.26. The lowest BCUT2D eigenvalue weighted by molar-refractivity contribution is -0.125. The minimum Gasteiger partial charge on any atom is -0.493 e. The summed E-state index contributed by atoms with van der Waals surface area (Å²) in [6.07, 6.45) is 9.88. The van der Waals surface area contributed by atoms with Gasteiger partial charge in [-0.2, -0.15) is 0 Å². The number of carbonyl (C=O) groups is 1. The lowest BCUT2D eigenvalue weighted by Gasteiger charge is -2.37. The average molecular weight is 415 g/mol. The van der Waals surface area contributed by atoms with E-state index in [0.717, 1.165) is 76.0 Å². The monoisotopic (exact) mass is 414 g/mol. The predicted octanol–water partition coefficient (Wildman–Crippen LogP) is 3.25. The van der Waals surface area contributed by atoms with E-state index in [1.807, 2.05) is 19.2 Å². The van der Waals surface area contributed by atoms with Crippen LogP contribution in [0, 0.1) is 11.8 Å². The van der Waals surface area contributed by atoms with Crippen molar-refractivity contribution in [3.8, 4) is 5.75 Å². The van der Waals surface area contributed by atoms with Crippen molar-refractivity contribution in [2.75, 3.05) is 44.2 Å². The van der Waals surface area contributed by atoms with Crippen molar-refractivity contribution in [1.82, 2.24) is 15.2 Å². The molecule has 6 nitrogen and oxygen atoms in total. The fraction of sp³-hybridized carbons (Fsp3) is 0.750. The van der Waals surface area contributed by atoms with Crippen molar-refractivity contribution in [3.05, 3.63) is 17.8 Å². The van der Waals surface area contributed by atoms with Crippen molar-refractivity contribution in [1.29, 1.82) is 0 Å². The number of pyridine rings is 1. The molecular formula is C24H38N4O2. The Morgan fingerprint density at radius 3 is 2.73 bits per heavy atom. The maximum atomic E-state index is 12.1. The Balaban J connectivity index is 1.16. The molecule has 0 bridgehead atoms. The highest BCUT2D eigenvalue weighted by molar-refractivity contribution is 5.78. The number of ether oxygens (including phenoxy) is 1. The van der Waals surface area contributed by atoms with Gasteiger partial charge in [0.1, 0.15) is 11.6 Å². The molecule has 1 atom stereocenters. The van der Waals surface area contributed by atoms with Gasteiger partial charge < -0.3 is 15.0 Å². The zero-order valence-electron chi connectivity index (χ0n) is 18.7. The van der Waals surface area contributed by atoms with Gasteiger partial charge in [0.25, 0.3) is 0 Å². The van der Waals surface area contributed by atoms with E-state index >= 15 is 0 Å². The van der Waals surface area contributed by atoms with Crippen molar-refractivity contribution < 1.29 is 9.53 Å². The third-order valence-corrected chi connectivity index (χ3v) is 7.38. The van der Waals surface area contributed by atoms with Crippen LogP contribution < -0.4 is 15.0 Å². The third-order valence-electron chi connectivity index (χ3n) is 7.38. The summed E-state index contributed by atoms with van der Waals surface area (Å²) in [5.74, 6) is 3.36. The van der Waals surface area contributed by atoms with Crippen LogP contribution in [-0.4, -0.2) is 61.2 Å². The summed E-state index contributed by atoms with van der Waals surface area (Å²) < 4.78 is 5.70. The molecule has 1 aromatic rings. The van der Waals surface area contributed by atoms with E-state index in [1.54, 1.807) is 0 Å². The maximum Gasteiger partial charge on any atom is 0.223 e. The Labute approximate surface area is 181 Å². The molecule has 2 aliphatic heterocycles. The zero-order chi connectivity index (χ0) is 20.9. The minimum absolute atomic E-state index is 0.140. The quantitative estimate of drug-likeness (QED) is 0.742. The SMILES string of the molecule is CCC(C)C(=O)NC1CCC(CCN2CCN(c3nccc4c3CCO4)CC2)CC1. The first-order valence-electron chi connectivity index (χ1n) is 12.0. The lowest BCUT2D eigenvalue weighted by Crippen LogP contribution is -2.47. The Morgan fingerprint density at radius 2 is 2.00 bits per heavy atom. The second kappa shape index (κ2) is 9.99. The molecule has 30 heavy (non-hydrogen) atoms. The number of anilines is 1. The number of fused-ring (bicyclic) bond motifs is 1. The fourth-order valence-electron chi connectivity index (χ4n) is 5.04. The number of nitrogens with zero attached hydrogens (tertiary/aromatic N) is 3. The fourth-order valence-corrected chi connectivity index (χ4v) is 5.04. The van der Waals surface area contributed by atoms with Crippen LogP contribution in [0.25, 0.3) is 0 Å². The summed E-state index contributed by atoms with van der Waals surface area (Å²) >= 11 is 0. The Morgan fingerprint density at radius 1 is 1.23 bits per heavy atom. The molecular weight excluding hydrogens is 376 g/mol. The number of hydrogen-bond acceptors (Lipinski definition) is 5. The van der Waals surface area contributed by atoms with E-state index in [4.69, 9.17) is 4.74 Å². The van der Waals surface area contributed by atoms with Crippen molar-refractivity contribution in [2.24, 2.45) is 11.8 Å². The number of carbonyl (C=O) groups excluding carboxylic acids is 1. The summed E-state index contributed by atoms with van der Waals surface area (Å²) in [5.41, 5.74) is 1.29. The first-order chi connectivity index (χ1) is 14.6. The highest BCUT2D eigenvalue weighted by Gasteiger charge is 2.26. The van der Waals surface area contributed by atoms with Crippen LogP contribution in [-0.2, 0) is 11.2 Å². The zero-order valence-corrected chi connectivity index (χ0v) is 18.7. The van der Waals surface area contributed by atoms with Crippen LogP contribution in [0.15, 0.2) is 12.3 Å². The topological polar surface area (TPSA) is 57.7 Å². The number of aromatic nitrogens is 1. The Kier molecular flexibility index (Phi) is 7.13. The molecule has 1 saturated heterocycles. The van der Waals surface area contributed by atoms with E-state index in [2.05, 4.69) is 27.0 Å². The molecule has 1 amide bonds. The molecule has 0 radical (unpaired) electrons. The number of piperazine rings is 1. The molecule has 1 aliphatic carbocycles. The molecule has 4 rings (SSSR count). The second-order valence-corrected chi connectivity index (χ2v) is 9.36. The molecule has 166 valence electrons. The number of hydrogen-bond donors (Lipinski definition) is 1. The number of rotatable bonds is 7. The first kappa shape index (κ1) is 21.4. The molecule has 3 heterocycles. The maximum absolute atomic E-state index is 12.1. The number of amides is 1. The minimum atomic E-state index is 0.140. The Hall–Kier alpha value is -1.82. The molecule has 1 aromatic heterocycles. The van der Waals surface area contributed by atoms with Crippen LogP contribution in [0.3, 0.4) is 0 Å². The van der Waals surface area contributed by atoms with E-state index in [0.29, 0.717) is 6.04 Å². The van der Waals surface area contributed by atoms with Crippen LogP contribution in [0.2, 0.25) is 0 Å².